The number of fused-ring (bicyclic) bond motifs is 1. The van der Waals surface area contributed by atoms with Crippen molar-refractivity contribution in [2.45, 2.75) is 5.22 Å². The molecule has 0 unspecified atom stereocenters. The zero-order valence-corrected chi connectivity index (χ0v) is 16.2. The van der Waals surface area contributed by atoms with Crippen LogP contribution in [0.2, 0.25) is 0 Å². The van der Waals surface area contributed by atoms with Gasteiger partial charge in [0.25, 0.3) is 11.1 Å². The smallest absolute Gasteiger partial charge is 0.277 e. The molecular formula is C20H18N4O3S. The highest BCUT2D eigenvalue weighted by Gasteiger charge is 2.16. The van der Waals surface area contributed by atoms with E-state index < -0.39 is 0 Å². The molecule has 0 aliphatic heterocycles. The standard InChI is InChI=1S/C20H18N4O3S/c1-24-15-9-5-3-7-13(15)11-16(24)19-22-23-20(27-19)28-12-18(25)21-14-8-4-6-10-17(14)26-2/h3-11H,12H2,1-2H3,(H,21,25). The molecule has 0 saturated heterocycles. The van der Waals surface area contributed by atoms with E-state index >= 15 is 0 Å². The number of aryl methyl sites for hydroxylation is 1. The highest BCUT2D eigenvalue weighted by Crippen LogP contribution is 2.28. The Morgan fingerprint density at radius 3 is 2.79 bits per heavy atom. The lowest BCUT2D eigenvalue weighted by Crippen LogP contribution is -2.14. The van der Waals surface area contributed by atoms with E-state index in [1.54, 1.807) is 19.2 Å². The SMILES string of the molecule is COc1ccccc1NC(=O)CSc1nnc(-c2cc3ccccc3n2C)o1. The fourth-order valence-corrected chi connectivity index (χ4v) is 3.49. The summed E-state index contributed by atoms with van der Waals surface area (Å²) in [5, 5.41) is 12.4. The molecule has 8 heteroatoms. The predicted molar refractivity (Wildman–Crippen MR) is 109 cm³/mol. The number of nitrogens with one attached hydrogen (secondary N) is 1. The molecule has 0 aliphatic carbocycles. The Kier molecular flexibility index (Phi) is 5.03. The van der Waals surface area contributed by atoms with Crippen molar-refractivity contribution in [3.63, 3.8) is 0 Å². The first-order valence-electron chi connectivity index (χ1n) is 8.59. The van der Waals surface area contributed by atoms with Gasteiger partial charge >= 0.3 is 0 Å². The van der Waals surface area contributed by atoms with E-state index in [0.717, 1.165) is 16.6 Å². The number of anilines is 1. The molecule has 7 nitrogen and oxygen atoms in total. The van der Waals surface area contributed by atoms with Crippen molar-refractivity contribution in [2.75, 3.05) is 18.2 Å². The maximum atomic E-state index is 12.2. The van der Waals surface area contributed by atoms with Crippen LogP contribution < -0.4 is 10.1 Å². The Hall–Kier alpha value is -3.26. The fourth-order valence-electron chi connectivity index (χ4n) is 2.93. The van der Waals surface area contributed by atoms with Crippen LogP contribution in [-0.4, -0.2) is 33.5 Å². The van der Waals surface area contributed by atoms with Gasteiger partial charge in [0.15, 0.2) is 0 Å². The third-order valence-electron chi connectivity index (χ3n) is 4.29. The van der Waals surface area contributed by atoms with E-state index in [2.05, 4.69) is 15.5 Å². The molecule has 2 aromatic carbocycles. The molecule has 2 aromatic heterocycles. The summed E-state index contributed by atoms with van der Waals surface area (Å²) in [4.78, 5) is 12.2. The van der Waals surface area contributed by atoms with Crippen molar-refractivity contribution in [3.8, 4) is 17.3 Å². The van der Waals surface area contributed by atoms with E-state index in [0.29, 0.717) is 22.6 Å². The van der Waals surface area contributed by atoms with E-state index in [1.165, 1.54) is 11.8 Å². The number of para-hydroxylation sites is 3. The maximum Gasteiger partial charge on any atom is 0.277 e. The Labute approximate surface area is 165 Å². The predicted octanol–water partition coefficient (Wildman–Crippen LogP) is 3.97. The number of methoxy groups -OCH3 is 1. The number of hydrogen-bond donors (Lipinski definition) is 1. The number of hydrogen-bond acceptors (Lipinski definition) is 6. The number of benzene rings is 2. The third-order valence-corrected chi connectivity index (χ3v) is 5.10. The Morgan fingerprint density at radius 1 is 1.18 bits per heavy atom. The van der Waals surface area contributed by atoms with Crippen LogP contribution in [0.15, 0.2) is 64.2 Å². The lowest BCUT2D eigenvalue weighted by Gasteiger charge is -2.08. The molecule has 0 radical (unpaired) electrons. The van der Waals surface area contributed by atoms with Crippen molar-refractivity contribution < 1.29 is 13.9 Å². The Bertz CT molecular complexity index is 1140. The van der Waals surface area contributed by atoms with Crippen LogP contribution >= 0.6 is 11.8 Å². The first-order chi connectivity index (χ1) is 13.7. The van der Waals surface area contributed by atoms with Crippen molar-refractivity contribution in [2.24, 2.45) is 7.05 Å². The Balaban J connectivity index is 1.43. The average Bonchev–Trinajstić information content (AvgIpc) is 3.32. The summed E-state index contributed by atoms with van der Waals surface area (Å²) >= 11 is 1.19. The van der Waals surface area contributed by atoms with Gasteiger partial charge in [0, 0.05) is 18.0 Å². The molecule has 4 rings (SSSR count). The molecule has 0 aliphatic rings. The molecule has 1 N–H and O–H groups in total. The van der Waals surface area contributed by atoms with E-state index in [9.17, 15) is 4.79 Å². The molecule has 0 fully saturated rings. The largest absolute Gasteiger partial charge is 0.495 e. The van der Waals surface area contributed by atoms with Crippen LogP contribution in [0.1, 0.15) is 0 Å². The van der Waals surface area contributed by atoms with Crippen molar-refractivity contribution in [1.29, 1.82) is 0 Å². The second-order valence-corrected chi connectivity index (χ2v) is 6.98. The molecule has 4 aromatic rings. The van der Waals surface area contributed by atoms with Crippen molar-refractivity contribution in [1.82, 2.24) is 14.8 Å². The molecule has 0 atom stereocenters. The molecule has 0 bridgehead atoms. The first kappa shape index (κ1) is 18.1. The van der Waals surface area contributed by atoms with Crippen LogP contribution in [0.4, 0.5) is 5.69 Å². The normalized spacial score (nSPS) is 10.9. The molecule has 142 valence electrons. The number of thioether (sulfide) groups is 1. The summed E-state index contributed by atoms with van der Waals surface area (Å²) in [6.45, 7) is 0. The summed E-state index contributed by atoms with van der Waals surface area (Å²) in [6, 6.07) is 17.3. The summed E-state index contributed by atoms with van der Waals surface area (Å²) < 4.78 is 13.0. The monoisotopic (exact) mass is 394 g/mol. The number of nitrogens with zero attached hydrogens (tertiary/aromatic N) is 3. The maximum absolute atomic E-state index is 12.2. The van der Waals surface area contributed by atoms with Gasteiger partial charge in [-0.2, -0.15) is 0 Å². The van der Waals surface area contributed by atoms with Crippen LogP contribution in [0, 0.1) is 0 Å². The van der Waals surface area contributed by atoms with E-state index in [-0.39, 0.29) is 11.7 Å². The zero-order valence-electron chi connectivity index (χ0n) is 15.4. The van der Waals surface area contributed by atoms with Gasteiger partial charge in [0.1, 0.15) is 11.4 Å². The minimum absolute atomic E-state index is 0.148. The van der Waals surface area contributed by atoms with Gasteiger partial charge in [0.2, 0.25) is 5.91 Å². The Morgan fingerprint density at radius 2 is 1.96 bits per heavy atom. The minimum atomic E-state index is -0.182. The van der Waals surface area contributed by atoms with Gasteiger partial charge < -0.3 is 19.0 Å². The zero-order chi connectivity index (χ0) is 19.5. The number of amides is 1. The topological polar surface area (TPSA) is 82.2 Å². The third kappa shape index (κ3) is 3.59. The fraction of sp³-hybridized carbons (Fsp3) is 0.150. The molecule has 28 heavy (non-hydrogen) atoms. The van der Waals surface area contributed by atoms with E-state index in [4.69, 9.17) is 9.15 Å². The second-order valence-electron chi connectivity index (χ2n) is 6.06. The molecular weight excluding hydrogens is 376 g/mol. The quantitative estimate of drug-likeness (QED) is 0.498. The first-order valence-corrected chi connectivity index (χ1v) is 9.58. The lowest BCUT2D eigenvalue weighted by atomic mass is 10.2. The summed E-state index contributed by atoms with van der Waals surface area (Å²) in [7, 11) is 3.52. The summed E-state index contributed by atoms with van der Waals surface area (Å²) in [6.07, 6.45) is 0. The van der Waals surface area contributed by atoms with Crippen LogP contribution in [0.5, 0.6) is 5.75 Å². The molecule has 0 spiro atoms. The number of ether oxygens (including phenoxy) is 1. The van der Waals surface area contributed by atoms with Crippen molar-refractivity contribution in [3.05, 3.63) is 54.6 Å². The van der Waals surface area contributed by atoms with Gasteiger partial charge in [-0.3, -0.25) is 4.79 Å². The summed E-state index contributed by atoms with van der Waals surface area (Å²) in [5.41, 5.74) is 2.54. The average molecular weight is 394 g/mol. The molecule has 1 amide bonds. The molecule has 0 saturated carbocycles. The highest BCUT2D eigenvalue weighted by atomic mass is 32.2. The van der Waals surface area contributed by atoms with Gasteiger partial charge in [-0.1, -0.05) is 42.1 Å². The number of carbonyl (C=O) groups excluding carboxylic acids is 1. The van der Waals surface area contributed by atoms with Crippen molar-refractivity contribution >= 4 is 34.3 Å². The number of carbonyl (C=O) groups is 1. The minimum Gasteiger partial charge on any atom is -0.495 e. The van der Waals surface area contributed by atoms with Gasteiger partial charge in [-0.05, 0) is 24.3 Å². The number of rotatable bonds is 6. The van der Waals surface area contributed by atoms with E-state index in [1.807, 2.05) is 54.1 Å². The van der Waals surface area contributed by atoms with Crippen LogP contribution in [0.25, 0.3) is 22.5 Å². The highest BCUT2D eigenvalue weighted by molar-refractivity contribution is 7.99. The lowest BCUT2D eigenvalue weighted by molar-refractivity contribution is -0.113. The molecule has 2 heterocycles. The van der Waals surface area contributed by atoms with Gasteiger partial charge in [0.05, 0.1) is 18.6 Å². The second kappa shape index (κ2) is 7.77. The van der Waals surface area contributed by atoms with Gasteiger partial charge in [-0.15, -0.1) is 10.2 Å². The number of aromatic nitrogens is 3. The summed E-state index contributed by atoms with van der Waals surface area (Å²) in [5.74, 6) is 0.997. The van der Waals surface area contributed by atoms with Crippen LogP contribution in [-0.2, 0) is 11.8 Å². The van der Waals surface area contributed by atoms with Crippen LogP contribution in [0.3, 0.4) is 0 Å². The van der Waals surface area contributed by atoms with Gasteiger partial charge in [-0.25, -0.2) is 0 Å².